The molecule has 0 radical (unpaired) electrons. The van der Waals surface area contributed by atoms with Gasteiger partial charge < -0.3 is 18.9 Å². The van der Waals surface area contributed by atoms with Crippen LogP contribution in [0.3, 0.4) is 0 Å². The van der Waals surface area contributed by atoms with Gasteiger partial charge in [0.25, 0.3) is 0 Å². The number of ether oxygens (including phenoxy) is 4. The van der Waals surface area contributed by atoms with Crippen LogP contribution in [0.4, 0.5) is 0 Å². The molecule has 2 rings (SSSR count). The van der Waals surface area contributed by atoms with E-state index in [1.165, 1.54) is 0 Å². The summed E-state index contributed by atoms with van der Waals surface area (Å²) in [6, 6.07) is 2.29. The first-order valence-electron chi connectivity index (χ1n) is 11.9. The lowest BCUT2D eigenvalue weighted by Gasteiger charge is -2.16. The van der Waals surface area contributed by atoms with Crippen LogP contribution < -0.4 is 9.47 Å². The molecule has 2 unspecified atom stereocenters. The lowest BCUT2D eigenvalue weighted by Crippen LogP contribution is -2.27. The predicted octanol–water partition coefficient (Wildman–Crippen LogP) is 8.52. The maximum absolute atomic E-state index is 12.8. The fourth-order valence-corrected chi connectivity index (χ4v) is 4.22. The van der Waals surface area contributed by atoms with E-state index in [2.05, 4.69) is 0 Å². The molecule has 40 heavy (non-hydrogen) atoms. The van der Waals surface area contributed by atoms with Gasteiger partial charge in [0, 0.05) is 0 Å². The molecular weight excluding hydrogens is 653 g/mol. The largest absolute Gasteiger partial charge is 0.462 e. The molecule has 0 fully saturated rings. The van der Waals surface area contributed by atoms with Gasteiger partial charge in [0.2, 0.25) is 0 Å². The summed E-state index contributed by atoms with van der Waals surface area (Å²) in [5, 5.41) is -1.68. The number of rotatable bonds is 10. The molecule has 2 aromatic rings. The van der Waals surface area contributed by atoms with Crippen LogP contribution in [0, 0.1) is 11.8 Å². The number of benzene rings is 2. The normalized spacial score (nSPS) is 12.3. The quantitative estimate of drug-likeness (QED) is 0.107. The van der Waals surface area contributed by atoms with Gasteiger partial charge in [0.15, 0.2) is 11.5 Å². The van der Waals surface area contributed by atoms with Gasteiger partial charge in [-0.1, -0.05) is 110 Å². The van der Waals surface area contributed by atoms with Crippen molar-refractivity contribution in [1.82, 2.24) is 0 Å². The monoisotopic (exact) mass is 674 g/mol. The second kappa shape index (κ2) is 15.3. The van der Waals surface area contributed by atoms with Gasteiger partial charge in [-0.15, -0.1) is 0 Å². The molecule has 8 nitrogen and oxygen atoms in total. The molecule has 218 valence electrons. The highest BCUT2D eigenvalue weighted by Crippen LogP contribution is 2.42. The van der Waals surface area contributed by atoms with Crippen LogP contribution in [0.15, 0.2) is 12.1 Å². The van der Waals surface area contributed by atoms with Crippen molar-refractivity contribution in [3.8, 4) is 11.5 Å². The second-order valence-electron chi connectivity index (χ2n) is 8.72. The minimum Gasteiger partial charge on any atom is -0.462 e. The van der Waals surface area contributed by atoms with Crippen LogP contribution >= 0.6 is 69.6 Å². The Morgan fingerprint density at radius 1 is 0.625 bits per heavy atom. The Labute approximate surface area is 261 Å². The van der Waals surface area contributed by atoms with Gasteiger partial charge in [-0.05, 0) is 24.0 Å². The summed E-state index contributed by atoms with van der Waals surface area (Å²) in [7, 11) is 0. The first-order valence-corrected chi connectivity index (χ1v) is 14.1. The smallest absolute Gasteiger partial charge is 0.423 e. The Morgan fingerprint density at radius 3 is 1.25 bits per heavy atom. The average Bonchev–Trinajstić information content (AvgIpc) is 2.91. The predicted molar refractivity (Wildman–Crippen MR) is 154 cm³/mol. The van der Waals surface area contributed by atoms with E-state index in [1.807, 2.05) is 27.7 Å². The molecule has 0 heterocycles. The van der Waals surface area contributed by atoms with E-state index in [4.69, 9.17) is 88.6 Å². The van der Waals surface area contributed by atoms with E-state index in [0.29, 0.717) is 0 Å². The lowest BCUT2D eigenvalue weighted by molar-refractivity contribution is -0.156. The van der Waals surface area contributed by atoms with Crippen molar-refractivity contribution < 1.29 is 38.1 Å². The molecule has 2 atom stereocenters. The van der Waals surface area contributed by atoms with E-state index in [9.17, 15) is 19.2 Å². The molecule has 0 bridgehead atoms. The molecular formula is C26H24Cl6O8. The fourth-order valence-electron chi connectivity index (χ4n) is 2.80. The second-order valence-corrected chi connectivity index (χ2v) is 11.1. The maximum atomic E-state index is 12.8. The van der Waals surface area contributed by atoms with Crippen LogP contribution in [0.1, 0.15) is 61.3 Å². The SMILES string of the molecule is CCC(C)COC(=O)c1c(Cl)cc(Cl)c(Cl)c1OC(=O)C(=O)Oc1c(Cl)c(Cl)cc(Cl)c1C(=O)OCC(C)CC. The van der Waals surface area contributed by atoms with E-state index >= 15 is 0 Å². The number of carbonyl (C=O) groups is 4. The lowest BCUT2D eigenvalue weighted by atomic mass is 10.1. The standard InChI is InChI=1S/C26H24Cl6O8/c1-5-11(3)9-37-23(33)17-13(27)7-15(29)19(31)21(17)39-25(35)26(36)40-22-18(14(28)8-16(30)20(22)32)24(34)38-10-12(4)6-2/h7-8,11-12H,5-6,9-10H2,1-4H3. The van der Waals surface area contributed by atoms with Crippen molar-refractivity contribution in [2.75, 3.05) is 13.2 Å². The van der Waals surface area contributed by atoms with Crippen LogP contribution in [0.5, 0.6) is 11.5 Å². The molecule has 2 aromatic carbocycles. The van der Waals surface area contributed by atoms with Crippen LogP contribution in [0.25, 0.3) is 0 Å². The Bertz CT molecular complexity index is 1210. The number of hydrogen-bond acceptors (Lipinski definition) is 8. The first kappa shape index (κ1) is 34.3. The van der Waals surface area contributed by atoms with Crippen LogP contribution in [-0.4, -0.2) is 37.1 Å². The summed E-state index contributed by atoms with van der Waals surface area (Å²) < 4.78 is 20.6. The molecule has 0 spiro atoms. The molecule has 0 N–H and O–H groups in total. The minimum atomic E-state index is -1.68. The Morgan fingerprint density at radius 2 is 0.950 bits per heavy atom. The molecule has 0 saturated heterocycles. The van der Waals surface area contributed by atoms with Crippen molar-refractivity contribution in [3.63, 3.8) is 0 Å². The Hall–Kier alpha value is -1.94. The van der Waals surface area contributed by atoms with Gasteiger partial charge in [-0.3, -0.25) is 0 Å². The van der Waals surface area contributed by atoms with Crippen molar-refractivity contribution in [2.45, 2.75) is 40.5 Å². The van der Waals surface area contributed by atoms with Crippen molar-refractivity contribution >= 4 is 93.5 Å². The minimum absolute atomic E-state index is 0.0202. The van der Waals surface area contributed by atoms with Crippen LogP contribution in [-0.2, 0) is 19.1 Å². The summed E-state index contributed by atoms with van der Waals surface area (Å²) in [5.74, 6) is -6.55. The van der Waals surface area contributed by atoms with Crippen LogP contribution in [0.2, 0.25) is 30.1 Å². The number of carbonyl (C=O) groups excluding carboxylic acids is 4. The van der Waals surface area contributed by atoms with E-state index < -0.39 is 56.5 Å². The molecule has 0 aromatic heterocycles. The average molecular weight is 677 g/mol. The number of esters is 4. The zero-order chi connectivity index (χ0) is 30.3. The molecule has 0 amide bonds. The maximum Gasteiger partial charge on any atom is 0.423 e. The van der Waals surface area contributed by atoms with E-state index in [-0.39, 0.29) is 45.1 Å². The Kier molecular flexibility index (Phi) is 13.1. The molecule has 14 heteroatoms. The molecule has 0 aliphatic heterocycles. The highest BCUT2D eigenvalue weighted by molar-refractivity contribution is 6.47. The van der Waals surface area contributed by atoms with E-state index in [1.54, 1.807) is 0 Å². The third kappa shape index (κ3) is 8.54. The third-order valence-corrected chi connectivity index (χ3v) is 7.75. The topological polar surface area (TPSA) is 105 Å². The summed E-state index contributed by atoms with van der Waals surface area (Å²) in [6.07, 6.45) is 1.44. The molecule has 0 aliphatic carbocycles. The molecule has 0 aliphatic rings. The third-order valence-electron chi connectivity index (χ3n) is 5.61. The van der Waals surface area contributed by atoms with Gasteiger partial charge in [-0.2, -0.15) is 0 Å². The van der Waals surface area contributed by atoms with Crippen molar-refractivity contribution in [2.24, 2.45) is 11.8 Å². The van der Waals surface area contributed by atoms with Gasteiger partial charge in [0.1, 0.15) is 21.2 Å². The highest BCUT2D eigenvalue weighted by atomic mass is 35.5. The van der Waals surface area contributed by atoms with Gasteiger partial charge in [0.05, 0.1) is 33.3 Å². The van der Waals surface area contributed by atoms with Gasteiger partial charge in [-0.25, -0.2) is 19.2 Å². The zero-order valence-corrected chi connectivity index (χ0v) is 26.2. The summed E-state index contributed by atoms with van der Waals surface area (Å²) in [6.45, 7) is 7.57. The van der Waals surface area contributed by atoms with E-state index in [0.717, 1.165) is 25.0 Å². The summed E-state index contributed by atoms with van der Waals surface area (Å²) >= 11 is 36.8. The highest BCUT2D eigenvalue weighted by Gasteiger charge is 2.32. The van der Waals surface area contributed by atoms with Gasteiger partial charge >= 0.3 is 23.9 Å². The van der Waals surface area contributed by atoms with Crippen molar-refractivity contribution in [3.05, 3.63) is 53.4 Å². The fraction of sp³-hybridized carbons (Fsp3) is 0.385. The summed E-state index contributed by atoms with van der Waals surface area (Å²) in [5.41, 5.74) is -0.891. The zero-order valence-electron chi connectivity index (χ0n) is 21.7. The first-order chi connectivity index (χ1) is 18.7. The van der Waals surface area contributed by atoms with Crippen molar-refractivity contribution in [1.29, 1.82) is 0 Å². The molecule has 0 saturated carbocycles. The number of halogens is 6. The number of hydrogen-bond donors (Lipinski definition) is 0. The Balaban J connectivity index is 2.41. The summed E-state index contributed by atoms with van der Waals surface area (Å²) in [4.78, 5) is 51.1.